The van der Waals surface area contributed by atoms with Crippen LogP contribution in [0.2, 0.25) is 0 Å². The molecule has 0 aliphatic rings. The fourth-order valence-corrected chi connectivity index (χ4v) is 1.39. The number of hydrogen-bond donors (Lipinski definition) is 4. The molecule has 16 heavy (non-hydrogen) atoms. The van der Waals surface area contributed by atoms with E-state index in [9.17, 15) is 4.79 Å². The summed E-state index contributed by atoms with van der Waals surface area (Å²) < 4.78 is 0.498. The van der Waals surface area contributed by atoms with Gasteiger partial charge in [0.05, 0.1) is 16.6 Å². The van der Waals surface area contributed by atoms with Gasteiger partial charge in [-0.25, -0.2) is 4.79 Å². The quantitative estimate of drug-likeness (QED) is 0.573. The van der Waals surface area contributed by atoms with Gasteiger partial charge in [-0.3, -0.25) is 0 Å². The molecule has 0 amide bonds. The molecule has 1 aromatic heterocycles. The highest BCUT2D eigenvalue weighted by Gasteiger charge is 2.03. The molecule has 0 spiro atoms. The number of aromatic amines is 2. The Balaban J connectivity index is 0.000000386. The van der Waals surface area contributed by atoms with E-state index in [1.54, 1.807) is 19.1 Å². The van der Waals surface area contributed by atoms with Gasteiger partial charge in [-0.2, -0.15) is 0 Å². The molecule has 86 valence electrons. The van der Waals surface area contributed by atoms with Crippen molar-refractivity contribution < 1.29 is 15.0 Å². The molecule has 2 aromatic rings. The lowest BCUT2D eigenvalue weighted by molar-refractivity contribution is 0.0697. The Kier molecular flexibility index (Phi) is 4.21. The van der Waals surface area contributed by atoms with Gasteiger partial charge in [0, 0.05) is 6.61 Å². The van der Waals surface area contributed by atoms with Crippen molar-refractivity contribution in [2.75, 3.05) is 6.61 Å². The first kappa shape index (κ1) is 12.4. The highest BCUT2D eigenvalue weighted by molar-refractivity contribution is 7.71. The Morgan fingerprint density at radius 2 is 1.94 bits per heavy atom. The standard InChI is InChI=1S/C8H6N2O2S.C2H6O/c11-7(12)4-1-2-5-6(3-4)10-8(13)9-5;1-2-3/h1-3H,(H,11,12)(H2,9,10,13);3H,2H2,1H3. The molecule has 0 saturated heterocycles. The van der Waals surface area contributed by atoms with Crippen LogP contribution in [0.1, 0.15) is 17.3 Å². The van der Waals surface area contributed by atoms with Crippen LogP contribution in [-0.4, -0.2) is 32.8 Å². The van der Waals surface area contributed by atoms with Crippen molar-refractivity contribution in [2.24, 2.45) is 0 Å². The predicted molar refractivity (Wildman–Crippen MR) is 63.2 cm³/mol. The largest absolute Gasteiger partial charge is 0.478 e. The van der Waals surface area contributed by atoms with Gasteiger partial charge in [-0.1, -0.05) is 0 Å². The van der Waals surface area contributed by atoms with E-state index in [-0.39, 0.29) is 12.2 Å². The number of rotatable bonds is 1. The maximum atomic E-state index is 10.6. The number of aliphatic hydroxyl groups is 1. The number of nitrogens with one attached hydrogen (secondary N) is 2. The van der Waals surface area contributed by atoms with Gasteiger partial charge >= 0.3 is 5.97 Å². The summed E-state index contributed by atoms with van der Waals surface area (Å²) in [5.74, 6) is -0.942. The number of carboxylic acids is 1. The van der Waals surface area contributed by atoms with Crippen LogP contribution >= 0.6 is 12.2 Å². The van der Waals surface area contributed by atoms with Crippen molar-refractivity contribution >= 4 is 29.2 Å². The van der Waals surface area contributed by atoms with Gasteiger partial charge in [0.25, 0.3) is 0 Å². The maximum Gasteiger partial charge on any atom is 0.335 e. The number of fused-ring (bicyclic) bond motifs is 1. The molecule has 1 heterocycles. The smallest absolute Gasteiger partial charge is 0.335 e. The summed E-state index contributed by atoms with van der Waals surface area (Å²) in [5, 5.41) is 16.3. The van der Waals surface area contributed by atoms with Gasteiger partial charge in [0.1, 0.15) is 0 Å². The zero-order valence-corrected chi connectivity index (χ0v) is 9.47. The molecule has 4 N–H and O–H groups in total. The van der Waals surface area contributed by atoms with Gasteiger partial charge in [-0.05, 0) is 37.3 Å². The summed E-state index contributed by atoms with van der Waals surface area (Å²) in [6.07, 6.45) is 0. The number of imidazole rings is 1. The minimum absolute atomic E-state index is 0.248. The molecule has 1 aromatic carbocycles. The number of H-pyrrole nitrogens is 2. The molecule has 0 unspecified atom stereocenters. The third-order valence-electron chi connectivity index (χ3n) is 1.76. The second-order valence-electron chi connectivity index (χ2n) is 2.96. The van der Waals surface area contributed by atoms with Gasteiger partial charge in [0.2, 0.25) is 0 Å². The third kappa shape index (κ3) is 2.91. The third-order valence-corrected chi connectivity index (χ3v) is 1.97. The lowest BCUT2D eigenvalue weighted by Gasteiger charge is -1.92. The SMILES string of the molecule is CCO.O=C(O)c1ccc2[nH]c(=S)[nH]c2c1. The number of carbonyl (C=O) groups is 1. The fraction of sp³-hybridized carbons (Fsp3) is 0.200. The molecule has 0 atom stereocenters. The minimum Gasteiger partial charge on any atom is -0.478 e. The second kappa shape index (κ2) is 5.43. The summed E-state index contributed by atoms with van der Waals surface area (Å²) in [4.78, 5) is 16.3. The van der Waals surface area contributed by atoms with Gasteiger partial charge < -0.3 is 20.2 Å². The summed E-state index contributed by atoms with van der Waals surface area (Å²) in [6, 6.07) is 4.76. The molecule has 0 radical (unpaired) electrons. The van der Waals surface area contributed by atoms with Crippen molar-refractivity contribution in [2.45, 2.75) is 6.92 Å². The maximum absolute atomic E-state index is 10.6. The zero-order valence-electron chi connectivity index (χ0n) is 8.65. The van der Waals surface area contributed by atoms with Crippen molar-refractivity contribution in [3.63, 3.8) is 0 Å². The molecule has 0 aliphatic heterocycles. The number of aliphatic hydroxyl groups excluding tert-OH is 1. The zero-order chi connectivity index (χ0) is 12.1. The monoisotopic (exact) mass is 240 g/mol. The minimum atomic E-state index is -0.942. The molecular formula is C10H12N2O3S. The van der Waals surface area contributed by atoms with Gasteiger partial charge in [0.15, 0.2) is 4.77 Å². The summed E-state index contributed by atoms with van der Waals surface area (Å²) in [6.45, 7) is 1.93. The molecule has 6 heteroatoms. The average molecular weight is 240 g/mol. The first-order chi connectivity index (χ1) is 7.58. The van der Waals surface area contributed by atoms with Crippen molar-refractivity contribution in [1.29, 1.82) is 0 Å². The molecule has 2 rings (SSSR count). The Morgan fingerprint density at radius 1 is 1.38 bits per heavy atom. The van der Waals surface area contributed by atoms with E-state index in [4.69, 9.17) is 22.4 Å². The Labute approximate surface area is 96.8 Å². The Bertz CT molecular complexity index is 544. The highest BCUT2D eigenvalue weighted by atomic mass is 32.1. The topological polar surface area (TPSA) is 89.1 Å². The molecule has 0 aliphatic carbocycles. The second-order valence-corrected chi connectivity index (χ2v) is 3.37. The number of aromatic carboxylic acids is 1. The molecular weight excluding hydrogens is 228 g/mol. The Morgan fingerprint density at radius 3 is 2.50 bits per heavy atom. The number of benzene rings is 1. The lowest BCUT2D eigenvalue weighted by Crippen LogP contribution is -1.94. The number of hydrogen-bond acceptors (Lipinski definition) is 3. The number of carboxylic acid groups (broad SMARTS) is 1. The van der Waals surface area contributed by atoms with E-state index >= 15 is 0 Å². The van der Waals surface area contributed by atoms with Crippen molar-refractivity contribution in [3.8, 4) is 0 Å². The molecule has 0 fully saturated rings. The van der Waals surface area contributed by atoms with Crippen LogP contribution in [0, 0.1) is 4.77 Å². The van der Waals surface area contributed by atoms with Crippen LogP contribution in [0.15, 0.2) is 18.2 Å². The van der Waals surface area contributed by atoms with Gasteiger partial charge in [-0.15, -0.1) is 0 Å². The summed E-state index contributed by atoms with van der Waals surface area (Å²) >= 11 is 4.86. The van der Waals surface area contributed by atoms with Crippen LogP contribution in [0.3, 0.4) is 0 Å². The van der Waals surface area contributed by atoms with E-state index in [1.165, 1.54) is 6.07 Å². The van der Waals surface area contributed by atoms with E-state index in [1.807, 2.05) is 0 Å². The molecule has 5 nitrogen and oxygen atoms in total. The fourth-order valence-electron chi connectivity index (χ4n) is 1.17. The Hall–Kier alpha value is -1.66. The first-order valence-corrected chi connectivity index (χ1v) is 5.05. The highest BCUT2D eigenvalue weighted by Crippen LogP contribution is 2.11. The van der Waals surface area contributed by atoms with Crippen LogP contribution in [-0.2, 0) is 0 Å². The average Bonchev–Trinajstić information content (AvgIpc) is 2.57. The normalized spacial score (nSPS) is 9.62. The molecule has 0 saturated carbocycles. The summed E-state index contributed by atoms with van der Waals surface area (Å²) in [7, 11) is 0. The van der Waals surface area contributed by atoms with Crippen molar-refractivity contribution in [3.05, 3.63) is 28.5 Å². The first-order valence-electron chi connectivity index (χ1n) is 4.64. The number of aromatic nitrogens is 2. The lowest BCUT2D eigenvalue weighted by atomic mass is 10.2. The van der Waals surface area contributed by atoms with E-state index in [0.29, 0.717) is 10.3 Å². The predicted octanol–water partition coefficient (Wildman–Crippen LogP) is 1.92. The summed E-state index contributed by atoms with van der Waals surface area (Å²) in [5.41, 5.74) is 1.78. The van der Waals surface area contributed by atoms with Crippen molar-refractivity contribution in [1.82, 2.24) is 9.97 Å². The van der Waals surface area contributed by atoms with Crippen LogP contribution < -0.4 is 0 Å². The van der Waals surface area contributed by atoms with E-state index < -0.39 is 5.97 Å². The van der Waals surface area contributed by atoms with E-state index in [2.05, 4.69) is 9.97 Å². The van der Waals surface area contributed by atoms with E-state index in [0.717, 1.165) is 5.52 Å². The molecule has 0 bridgehead atoms. The van der Waals surface area contributed by atoms with Crippen LogP contribution in [0.4, 0.5) is 0 Å². The van der Waals surface area contributed by atoms with Crippen LogP contribution in [0.5, 0.6) is 0 Å². The van der Waals surface area contributed by atoms with Crippen LogP contribution in [0.25, 0.3) is 11.0 Å².